The number of carbonyl (C=O) groups is 4. The van der Waals surface area contributed by atoms with Crippen molar-refractivity contribution in [3.63, 3.8) is 0 Å². The zero-order valence-corrected chi connectivity index (χ0v) is 19.0. The molecule has 10 heteroatoms. The summed E-state index contributed by atoms with van der Waals surface area (Å²) in [5.41, 5.74) is 3.14. The molecule has 0 aliphatic carbocycles. The van der Waals surface area contributed by atoms with Crippen LogP contribution in [0.5, 0.6) is 11.5 Å². The second-order valence-corrected chi connectivity index (χ2v) is 7.87. The number of methoxy groups -OCH3 is 2. The Kier molecular flexibility index (Phi) is 7.47. The Balaban J connectivity index is 1.55. The number of ether oxygens (including phenoxy) is 3. The smallest absolute Gasteiger partial charge is 0.311 e. The molecular weight excluding hydrogens is 484 g/mol. The highest BCUT2D eigenvalue weighted by atomic mass is 79.9. The molecule has 1 aliphatic heterocycles. The zero-order valence-electron chi connectivity index (χ0n) is 17.4. The fraction of sp³-hybridized carbons (Fsp3) is 0.273. The van der Waals surface area contributed by atoms with Crippen LogP contribution in [0.3, 0.4) is 0 Å². The van der Waals surface area contributed by atoms with Crippen LogP contribution in [0.4, 0.5) is 0 Å². The highest BCUT2D eigenvalue weighted by molar-refractivity contribution is 9.10. The summed E-state index contributed by atoms with van der Waals surface area (Å²) in [5, 5.41) is 1.07. The number of benzene rings is 2. The van der Waals surface area contributed by atoms with E-state index < -0.39 is 30.3 Å². The number of hydrogen-bond acceptors (Lipinski definition) is 7. The maximum atomic E-state index is 12.5. The van der Waals surface area contributed by atoms with Crippen LogP contribution in [0.15, 0.2) is 46.9 Å². The normalized spacial score (nSPS) is 15.3. The van der Waals surface area contributed by atoms with Crippen molar-refractivity contribution in [2.75, 3.05) is 27.4 Å². The summed E-state index contributed by atoms with van der Waals surface area (Å²) in [7, 11) is 2.92. The predicted molar refractivity (Wildman–Crippen MR) is 116 cm³/mol. The molecule has 2 aromatic carbocycles. The minimum Gasteiger partial charge on any atom is -0.493 e. The fourth-order valence-electron chi connectivity index (χ4n) is 3.11. The SMILES string of the molecule is COc1ccc(C(=O)NN2CC(C(=O)OCC(=O)c3ccc(Br)cc3)CC2=O)cc1OC. The maximum absolute atomic E-state index is 12.5. The third-order valence-electron chi connectivity index (χ3n) is 4.85. The van der Waals surface area contributed by atoms with E-state index in [9.17, 15) is 19.2 Å². The van der Waals surface area contributed by atoms with Crippen LogP contribution in [0, 0.1) is 5.92 Å². The number of hydrazine groups is 1. The van der Waals surface area contributed by atoms with Gasteiger partial charge in [-0.3, -0.25) is 29.6 Å². The molecule has 1 fully saturated rings. The largest absolute Gasteiger partial charge is 0.493 e. The Morgan fingerprint density at radius 3 is 2.34 bits per heavy atom. The van der Waals surface area contributed by atoms with E-state index in [1.165, 1.54) is 26.4 Å². The molecule has 1 saturated heterocycles. The van der Waals surface area contributed by atoms with Crippen LogP contribution in [-0.2, 0) is 14.3 Å². The van der Waals surface area contributed by atoms with Crippen LogP contribution in [0.1, 0.15) is 27.1 Å². The highest BCUT2D eigenvalue weighted by Gasteiger charge is 2.36. The molecule has 2 aromatic rings. The molecule has 0 radical (unpaired) electrons. The van der Waals surface area contributed by atoms with Crippen molar-refractivity contribution in [1.29, 1.82) is 0 Å². The lowest BCUT2D eigenvalue weighted by molar-refractivity contribution is -0.147. The van der Waals surface area contributed by atoms with Crippen molar-refractivity contribution >= 4 is 39.5 Å². The Bertz CT molecular complexity index is 1040. The average Bonchev–Trinajstić information content (AvgIpc) is 3.17. The first-order chi connectivity index (χ1) is 15.3. The van der Waals surface area contributed by atoms with Gasteiger partial charge < -0.3 is 14.2 Å². The zero-order chi connectivity index (χ0) is 23.3. The molecule has 1 heterocycles. The molecular formula is C22H21BrN2O7. The van der Waals surface area contributed by atoms with Crippen molar-refractivity contribution in [3.8, 4) is 11.5 Å². The number of amides is 2. The fourth-order valence-corrected chi connectivity index (χ4v) is 3.38. The van der Waals surface area contributed by atoms with Gasteiger partial charge in [-0.05, 0) is 30.3 Å². The van der Waals surface area contributed by atoms with E-state index in [4.69, 9.17) is 14.2 Å². The molecule has 168 valence electrons. The van der Waals surface area contributed by atoms with Crippen LogP contribution in [-0.4, -0.2) is 55.9 Å². The number of Topliss-reactive ketones (excluding diaryl/α,β-unsaturated/α-hetero) is 1. The first kappa shape index (κ1) is 23.3. The van der Waals surface area contributed by atoms with Gasteiger partial charge in [0.05, 0.1) is 26.7 Å². The summed E-state index contributed by atoms with van der Waals surface area (Å²) >= 11 is 3.28. The Labute approximate surface area is 192 Å². The molecule has 0 spiro atoms. The molecule has 3 rings (SSSR count). The van der Waals surface area contributed by atoms with Gasteiger partial charge in [-0.2, -0.15) is 0 Å². The van der Waals surface area contributed by atoms with E-state index in [1.54, 1.807) is 30.3 Å². The Hall–Kier alpha value is -3.40. The van der Waals surface area contributed by atoms with Crippen molar-refractivity contribution in [3.05, 3.63) is 58.1 Å². The number of carbonyl (C=O) groups excluding carboxylic acids is 4. The minimum absolute atomic E-state index is 0.0524. The number of ketones is 1. The summed E-state index contributed by atoms with van der Waals surface area (Å²) in [4.78, 5) is 49.3. The van der Waals surface area contributed by atoms with E-state index in [0.29, 0.717) is 17.1 Å². The summed E-state index contributed by atoms with van der Waals surface area (Å²) in [6.45, 7) is -0.480. The lowest BCUT2D eigenvalue weighted by Crippen LogP contribution is -2.43. The lowest BCUT2D eigenvalue weighted by Gasteiger charge is -2.18. The summed E-state index contributed by atoms with van der Waals surface area (Å²) in [6, 6.07) is 11.2. The molecule has 1 N–H and O–H groups in total. The molecule has 0 bridgehead atoms. The monoisotopic (exact) mass is 504 g/mol. The van der Waals surface area contributed by atoms with Gasteiger partial charge in [-0.15, -0.1) is 0 Å². The molecule has 1 unspecified atom stereocenters. The first-order valence-corrected chi connectivity index (χ1v) is 10.4. The second-order valence-electron chi connectivity index (χ2n) is 6.95. The van der Waals surface area contributed by atoms with Crippen LogP contribution in [0.2, 0.25) is 0 Å². The van der Waals surface area contributed by atoms with E-state index in [1.807, 2.05) is 0 Å². The minimum atomic E-state index is -0.786. The molecule has 0 aromatic heterocycles. The molecule has 2 amide bonds. The van der Waals surface area contributed by atoms with Gasteiger partial charge in [-0.1, -0.05) is 28.1 Å². The van der Waals surface area contributed by atoms with Gasteiger partial charge in [0, 0.05) is 22.0 Å². The Morgan fingerprint density at radius 2 is 1.69 bits per heavy atom. The van der Waals surface area contributed by atoms with Gasteiger partial charge >= 0.3 is 5.97 Å². The standard InChI is InChI=1S/C22H21BrN2O7/c1-30-18-8-5-14(9-19(18)31-2)21(28)24-25-11-15(10-20(25)27)22(29)32-12-17(26)13-3-6-16(23)7-4-13/h3-9,15H,10-12H2,1-2H3,(H,24,28). The maximum Gasteiger partial charge on any atom is 0.311 e. The van der Waals surface area contributed by atoms with Crippen molar-refractivity contribution in [2.24, 2.45) is 5.92 Å². The van der Waals surface area contributed by atoms with Gasteiger partial charge in [0.2, 0.25) is 5.91 Å². The van der Waals surface area contributed by atoms with Gasteiger partial charge in [0.1, 0.15) is 0 Å². The molecule has 32 heavy (non-hydrogen) atoms. The quantitative estimate of drug-likeness (QED) is 0.433. The summed E-state index contributed by atoms with van der Waals surface area (Å²) in [6.07, 6.45) is -0.127. The van der Waals surface area contributed by atoms with Crippen molar-refractivity contribution in [2.45, 2.75) is 6.42 Å². The van der Waals surface area contributed by atoms with Crippen LogP contribution in [0.25, 0.3) is 0 Å². The van der Waals surface area contributed by atoms with Crippen molar-refractivity contribution in [1.82, 2.24) is 10.4 Å². The van der Waals surface area contributed by atoms with Gasteiger partial charge in [0.25, 0.3) is 5.91 Å². The number of rotatable bonds is 8. The van der Waals surface area contributed by atoms with E-state index >= 15 is 0 Å². The third kappa shape index (κ3) is 5.44. The van der Waals surface area contributed by atoms with E-state index in [0.717, 1.165) is 9.48 Å². The van der Waals surface area contributed by atoms with Crippen molar-refractivity contribution < 1.29 is 33.4 Å². The highest BCUT2D eigenvalue weighted by Crippen LogP contribution is 2.27. The van der Waals surface area contributed by atoms with Crippen LogP contribution >= 0.6 is 15.9 Å². The van der Waals surface area contributed by atoms with Gasteiger partial charge in [0.15, 0.2) is 23.9 Å². The lowest BCUT2D eigenvalue weighted by atomic mass is 10.1. The number of nitrogens with one attached hydrogen (secondary N) is 1. The number of esters is 1. The molecule has 9 nitrogen and oxygen atoms in total. The molecule has 1 aliphatic rings. The van der Waals surface area contributed by atoms with Gasteiger partial charge in [-0.25, -0.2) is 0 Å². The van der Waals surface area contributed by atoms with Crippen LogP contribution < -0.4 is 14.9 Å². The number of nitrogens with zero attached hydrogens (tertiary/aromatic N) is 1. The molecule has 0 saturated carbocycles. The van der Waals surface area contributed by atoms with E-state index in [-0.39, 0.29) is 24.3 Å². The summed E-state index contributed by atoms with van der Waals surface area (Å²) in [5.74, 6) is -1.96. The second kappa shape index (κ2) is 10.3. The predicted octanol–water partition coefficient (Wildman–Crippen LogP) is 2.39. The molecule has 1 atom stereocenters. The average molecular weight is 505 g/mol. The number of hydrogen-bond donors (Lipinski definition) is 1. The Morgan fingerprint density at radius 1 is 1.03 bits per heavy atom. The van der Waals surface area contributed by atoms with E-state index in [2.05, 4.69) is 21.4 Å². The third-order valence-corrected chi connectivity index (χ3v) is 5.38. The number of halogens is 1. The summed E-state index contributed by atoms with van der Waals surface area (Å²) < 4.78 is 16.2. The topological polar surface area (TPSA) is 111 Å². The first-order valence-electron chi connectivity index (χ1n) is 9.61.